The maximum Gasteiger partial charge on any atom is 0.268 e. The second-order valence-corrected chi connectivity index (χ2v) is 7.44. The lowest BCUT2D eigenvalue weighted by Crippen LogP contribution is -2.58. The minimum atomic E-state index is -1.12. The number of ether oxygens (including phenoxy) is 1. The van der Waals surface area contributed by atoms with E-state index in [-0.39, 0.29) is 17.9 Å². The predicted octanol–water partition coefficient (Wildman–Crippen LogP) is 1.84. The Hall–Kier alpha value is -2.34. The van der Waals surface area contributed by atoms with Crippen LogP contribution in [-0.4, -0.2) is 35.6 Å². The molecule has 6 heteroatoms. The molecule has 1 saturated heterocycles. The van der Waals surface area contributed by atoms with Gasteiger partial charge in [0.15, 0.2) is 0 Å². The molecule has 1 fully saturated rings. The first kappa shape index (κ1) is 16.5. The number of benzene rings is 1. The second kappa shape index (κ2) is 5.63. The quantitative estimate of drug-likeness (QED) is 0.801. The van der Waals surface area contributed by atoms with E-state index in [1.807, 2.05) is 6.07 Å². The number of primary amides is 1. The third kappa shape index (κ3) is 2.89. The Morgan fingerprint density at radius 2 is 2.04 bits per heavy atom. The fourth-order valence-electron chi connectivity index (χ4n) is 2.93. The molecule has 6 nitrogen and oxygen atoms in total. The first-order chi connectivity index (χ1) is 11.2. The Balaban J connectivity index is 1.89. The highest BCUT2D eigenvalue weighted by molar-refractivity contribution is 6.01. The molecular weight excluding hydrogens is 306 g/mol. The lowest BCUT2D eigenvalue weighted by molar-refractivity contribution is -0.124. The zero-order valence-electron chi connectivity index (χ0n) is 14.2. The number of fused-ring (bicyclic) bond motifs is 1. The van der Waals surface area contributed by atoms with Crippen LogP contribution in [0.1, 0.15) is 43.2 Å². The van der Waals surface area contributed by atoms with E-state index in [9.17, 15) is 9.59 Å². The van der Waals surface area contributed by atoms with E-state index in [2.05, 4.69) is 43.2 Å². The van der Waals surface area contributed by atoms with Gasteiger partial charge in [0.25, 0.3) is 5.91 Å². The summed E-state index contributed by atoms with van der Waals surface area (Å²) < 4.78 is 5.24. The van der Waals surface area contributed by atoms with E-state index in [1.54, 1.807) is 6.07 Å². The number of amides is 2. The van der Waals surface area contributed by atoms with Crippen LogP contribution in [0.15, 0.2) is 24.3 Å². The van der Waals surface area contributed by atoms with Crippen molar-refractivity contribution in [2.24, 2.45) is 5.73 Å². The molecule has 1 unspecified atom stereocenters. The molecule has 2 aromatic rings. The van der Waals surface area contributed by atoms with Crippen LogP contribution in [-0.2, 0) is 14.9 Å². The van der Waals surface area contributed by atoms with E-state index in [1.165, 1.54) is 5.56 Å². The fraction of sp³-hybridized carbons (Fsp3) is 0.444. The van der Waals surface area contributed by atoms with Crippen molar-refractivity contribution >= 4 is 22.7 Å². The summed E-state index contributed by atoms with van der Waals surface area (Å²) >= 11 is 0. The average Bonchev–Trinajstić information content (AvgIpc) is 3.12. The lowest BCUT2D eigenvalue weighted by atomic mass is 9.86. The molecule has 0 saturated carbocycles. The third-order valence-corrected chi connectivity index (χ3v) is 4.58. The van der Waals surface area contributed by atoms with Crippen LogP contribution in [0, 0.1) is 0 Å². The number of nitrogens with two attached hydrogens (primary N) is 1. The number of H-pyrrole nitrogens is 1. The van der Waals surface area contributed by atoms with Crippen LogP contribution in [0.2, 0.25) is 0 Å². The number of rotatable bonds is 3. The van der Waals surface area contributed by atoms with Gasteiger partial charge in [-0.25, -0.2) is 0 Å². The smallest absolute Gasteiger partial charge is 0.268 e. The molecule has 24 heavy (non-hydrogen) atoms. The van der Waals surface area contributed by atoms with Gasteiger partial charge in [-0.15, -0.1) is 0 Å². The molecular formula is C18H23N3O3. The van der Waals surface area contributed by atoms with Crippen molar-refractivity contribution in [3.63, 3.8) is 0 Å². The van der Waals surface area contributed by atoms with Crippen molar-refractivity contribution in [1.29, 1.82) is 0 Å². The molecule has 0 radical (unpaired) electrons. The standard InChI is InChI=1S/C18H23N3O3/c1-17(2,3)12-4-5-13-11(8-12)9-14(20-13)15(22)21-18(16(19)23)6-7-24-10-18/h4-5,8-9,20H,6-7,10H2,1-3H3,(H2,19,23)(H,21,22). The number of carbonyl (C=O) groups is 2. The topological polar surface area (TPSA) is 97.2 Å². The lowest BCUT2D eigenvalue weighted by Gasteiger charge is -2.24. The number of carbonyl (C=O) groups excluding carboxylic acids is 2. The van der Waals surface area contributed by atoms with Gasteiger partial charge in [0, 0.05) is 23.9 Å². The summed E-state index contributed by atoms with van der Waals surface area (Å²) in [4.78, 5) is 27.4. The van der Waals surface area contributed by atoms with Gasteiger partial charge in [0.05, 0.1) is 6.61 Å². The summed E-state index contributed by atoms with van der Waals surface area (Å²) in [6, 6.07) is 7.89. The van der Waals surface area contributed by atoms with Gasteiger partial charge >= 0.3 is 0 Å². The Kier molecular flexibility index (Phi) is 3.87. The number of aromatic nitrogens is 1. The zero-order valence-corrected chi connectivity index (χ0v) is 14.2. The van der Waals surface area contributed by atoms with Gasteiger partial charge in [-0.1, -0.05) is 26.8 Å². The highest BCUT2D eigenvalue weighted by atomic mass is 16.5. The van der Waals surface area contributed by atoms with E-state index in [0.29, 0.717) is 18.7 Å². The van der Waals surface area contributed by atoms with E-state index in [4.69, 9.17) is 10.5 Å². The number of hydrogen-bond acceptors (Lipinski definition) is 3. The Morgan fingerprint density at radius 3 is 2.62 bits per heavy atom. The molecule has 1 aromatic heterocycles. The molecule has 3 rings (SSSR count). The molecule has 0 aliphatic carbocycles. The summed E-state index contributed by atoms with van der Waals surface area (Å²) in [6.45, 7) is 6.95. The summed E-state index contributed by atoms with van der Waals surface area (Å²) in [5.74, 6) is -0.924. The molecule has 1 aliphatic heterocycles. The van der Waals surface area contributed by atoms with E-state index >= 15 is 0 Å². The Bertz CT molecular complexity index is 795. The van der Waals surface area contributed by atoms with Crippen LogP contribution < -0.4 is 11.1 Å². The fourth-order valence-corrected chi connectivity index (χ4v) is 2.93. The van der Waals surface area contributed by atoms with Gasteiger partial charge in [-0.3, -0.25) is 9.59 Å². The normalized spacial score (nSPS) is 21.1. The zero-order chi connectivity index (χ0) is 17.5. The SMILES string of the molecule is CC(C)(C)c1ccc2[nH]c(C(=O)NC3(C(N)=O)CCOC3)cc2c1. The van der Waals surface area contributed by atoms with Crippen LogP contribution >= 0.6 is 0 Å². The largest absolute Gasteiger partial charge is 0.378 e. The van der Waals surface area contributed by atoms with Crippen molar-refractivity contribution in [2.75, 3.05) is 13.2 Å². The highest BCUT2D eigenvalue weighted by Crippen LogP contribution is 2.27. The van der Waals surface area contributed by atoms with Crippen molar-refractivity contribution in [2.45, 2.75) is 38.1 Å². The predicted molar refractivity (Wildman–Crippen MR) is 91.8 cm³/mol. The average molecular weight is 329 g/mol. The van der Waals surface area contributed by atoms with Crippen LogP contribution in [0.25, 0.3) is 10.9 Å². The maximum atomic E-state index is 12.6. The summed E-state index contributed by atoms with van der Waals surface area (Å²) in [6.07, 6.45) is 0.391. The number of nitrogens with one attached hydrogen (secondary N) is 2. The van der Waals surface area contributed by atoms with Gasteiger partial charge < -0.3 is 20.8 Å². The van der Waals surface area contributed by atoms with Crippen molar-refractivity contribution in [1.82, 2.24) is 10.3 Å². The molecule has 0 bridgehead atoms. The van der Waals surface area contributed by atoms with Crippen molar-refractivity contribution < 1.29 is 14.3 Å². The minimum absolute atomic E-state index is 0.0328. The van der Waals surface area contributed by atoms with Crippen LogP contribution in [0.3, 0.4) is 0 Å². The van der Waals surface area contributed by atoms with Crippen LogP contribution in [0.5, 0.6) is 0 Å². The van der Waals surface area contributed by atoms with Crippen LogP contribution in [0.4, 0.5) is 0 Å². The molecule has 2 amide bonds. The third-order valence-electron chi connectivity index (χ3n) is 4.58. The molecule has 1 aromatic carbocycles. The number of aromatic amines is 1. The highest BCUT2D eigenvalue weighted by Gasteiger charge is 2.42. The molecule has 2 heterocycles. The Labute approximate surface area is 140 Å². The molecule has 0 spiro atoms. The van der Waals surface area contributed by atoms with E-state index in [0.717, 1.165) is 10.9 Å². The van der Waals surface area contributed by atoms with Gasteiger partial charge in [-0.05, 0) is 29.2 Å². The van der Waals surface area contributed by atoms with Gasteiger partial charge in [0.1, 0.15) is 11.2 Å². The summed E-state index contributed by atoms with van der Waals surface area (Å²) in [5.41, 5.74) is 6.85. The Morgan fingerprint density at radius 1 is 1.29 bits per heavy atom. The van der Waals surface area contributed by atoms with Gasteiger partial charge in [0.2, 0.25) is 5.91 Å². The minimum Gasteiger partial charge on any atom is -0.378 e. The second-order valence-electron chi connectivity index (χ2n) is 7.44. The summed E-state index contributed by atoms with van der Waals surface area (Å²) in [7, 11) is 0. The molecule has 1 aliphatic rings. The van der Waals surface area contributed by atoms with Crippen molar-refractivity contribution in [3.05, 3.63) is 35.5 Å². The van der Waals surface area contributed by atoms with Gasteiger partial charge in [-0.2, -0.15) is 0 Å². The van der Waals surface area contributed by atoms with E-state index < -0.39 is 11.4 Å². The monoisotopic (exact) mass is 329 g/mol. The first-order valence-electron chi connectivity index (χ1n) is 8.05. The number of hydrogen-bond donors (Lipinski definition) is 3. The maximum absolute atomic E-state index is 12.6. The molecule has 1 atom stereocenters. The molecule has 4 N–H and O–H groups in total. The molecule has 128 valence electrons. The first-order valence-corrected chi connectivity index (χ1v) is 8.05. The summed E-state index contributed by atoms with van der Waals surface area (Å²) in [5, 5.41) is 3.71. The van der Waals surface area contributed by atoms with Crippen molar-refractivity contribution in [3.8, 4) is 0 Å².